The van der Waals surface area contributed by atoms with Crippen molar-refractivity contribution in [2.75, 3.05) is 11.9 Å². The van der Waals surface area contributed by atoms with Gasteiger partial charge in [0.15, 0.2) is 0 Å². The van der Waals surface area contributed by atoms with E-state index < -0.39 is 6.03 Å². The molecule has 0 aliphatic carbocycles. The second kappa shape index (κ2) is 9.78. The van der Waals surface area contributed by atoms with E-state index in [9.17, 15) is 4.79 Å². The van der Waals surface area contributed by atoms with Crippen LogP contribution in [0.3, 0.4) is 0 Å². The van der Waals surface area contributed by atoms with Crippen LogP contribution in [0.25, 0.3) is 0 Å². The van der Waals surface area contributed by atoms with Crippen LogP contribution in [0, 0.1) is 0 Å². The average Bonchev–Trinajstić information content (AvgIpc) is 2.86. The van der Waals surface area contributed by atoms with E-state index in [4.69, 9.17) is 5.73 Å². The van der Waals surface area contributed by atoms with Crippen LogP contribution in [-0.4, -0.2) is 29.6 Å². The van der Waals surface area contributed by atoms with Gasteiger partial charge in [-0.05, 0) is 56.3 Å². The minimum atomic E-state index is -0.506. The SMILES string of the molecule is CCCCN1C(CC)CCC1Cc1cccc(NC(N)=O)c1.Cl. The highest BCUT2D eigenvalue weighted by Crippen LogP contribution is 2.29. The van der Waals surface area contributed by atoms with Crippen LogP contribution in [0.2, 0.25) is 0 Å². The zero-order valence-corrected chi connectivity index (χ0v) is 15.1. The monoisotopic (exact) mass is 339 g/mol. The number of amides is 2. The Hall–Kier alpha value is -1.26. The maximum atomic E-state index is 11.0. The summed E-state index contributed by atoms with van der Waals surface area (Å²) in [4.78, 5) is 13.7. The van der Waals surface area contributed by atoms with E-state index in [1.807, 2.05) is 18.2 Å². The van der Waals surface area contributed by atoms with Gasteiger partial charge < -0.3 is 11.1 Å². The summed E-state index contributed by atoms with van der Waals surface area (Å²) in [6.07, 6.45) is 7.39. The van der Waals surface area contributed by atoms with Crippen LogP contribution in [0.1, 0.15) is 51.5 Å². The van der Waals surface area contributed by atoms with Crippen molar-refractivity contribution in [1.29, 1.82) is 0 Å². The number of carbonyl (C=O) groups is 1. The summed E-state index contributed by atoms with van der Waals surface area (Å²) in [6, 6.07) is 8.92. The smallest absolute Gasteiger partial charge is 0.316 e. The molecule has 0 radical (unpaired) electrons. The summed E-state index contributed by atoms with van der Waals surface area (Å²) >= 11 is 0. The second-order valence-electron chi connectivity index (χ2n) is 6.28. The molecule has 1 heterocycles. The lowest BCUT2D eigenvalue weighted by Crippen LogP contribution is -2.37. The molecule has 1 aliphatic rings. The molecule has 130 valence electrons. The molecule has 0 aromatic heterocycles. The molecule has 0 saturated carbocycles. The van der Waals surface area contributed by atoms with Crippen molar-refractivity contribution in [1.82, 2.24) is 4.90 Å². The molecule has 1 saturated heterocycles. The number of nitrogens with zero attached hydrogens (tertiary/aromatic N) is 1. The van der Waals surface area contributed by atoms with E-state index in [0.29, 0.717) is 6.04 Å². The van der Waals surface area contributed by atoms with Crippen molar-refractivity contribution < 1.29 is 4.79 Å². The molecule has 1 aromatic carbocycles. The van der Waals surface area contributed by atoms with Crippen LogP contribution in [0.4, 0.5) is 10.5 Å². The van der Waals surface area contributed by atoms with E-state index in [-0.39, 0.29) is 12.4 Å². The molecule has 0 bridgehead atoms. The average molecular weight is 340 g/mol. The Balaban J connectivity index is 0.00000264. The van der Waals surface area contributed by atoms with Crippen molar-refractivity contribution in [3.05, 3.63) is 29.8 Å². The minimum absolute atomic E-state index is 0. The molecule has 1 aliphatic heterocycles. The third kappa shape index (κ3) is 5.70. The molecule has 2 unspecified atom stereocenters. The van der Waals surface area contributed by atoms with Gasteiger partial charge in [0.2, 0.25) is 0 Å². The lowest BCUT2D eigenvalue weighted by atomic mass is 10.0. The Bertz CT molecular complexity index is 495. The summed E-state index contributed by atoms with van der Waals surface area (Å²) in [5, 5.41) is 2.66. The van der Waals surface area contributed by atoms with Crippen LogP contribution in [-0.2, 0) is 6.42 Å². The molecule has 2 rings (SSSR count). The van der Waals surface area contributed by atoms with E-state index in [2.05, 4.69) is 30.1 Å². The van der Waals surface area contributed by atoms with Gasteiger partial charge in [0.25, 0.3) is 0 Å². The zero-order chi connectivity index (χ0) is 15.9. The Kier molecular flexibility index (Phi) is 8.42. The van der Waals surface area contributed by atoms with Crippen LogP contribution in [0.5, 0.6) is 0 Å². The van der Waals surface area contributed by atoms with Gasteiger partial charge in [0.05, 0.1) is 0 Å². The van der Waals surface area contributed by atoms with Gasteiger partial charge in [-0.15, -0.1) is 12.4 Å². The molecule has 4 nitrogen and oxygen atoms in total. The fourth-order valence-electron chi connectivity index (χ4n) is 3.57. The van der Waals surface area contributed by atoms with Gasteiger partial charge in [-0.3, -0.25) is 4.90 Å². The van der Waals surface area contributed by atoms with Gasteiger partial charge in [0.1, 0.15) is 0 Å². The highest BCUT2D eigenvalue weighted by atomic mass is 35.5. The first-order valence-electron chi connectivity index (χ1n) is 8.55. The molecule has 1 aromatic rings. The topological polar surface area (TPSA) is 58.4 Å². The number of hydrogen-bond donors (Lipinski definition) is 2. The molecule has 2 amide bonds. The molecular formula is C18H30ClN3O. The molecule has 5 heteroatoms. The van der Waals surface area contributed by atoms with Crippen LogP contribution in [0.15, 0.2) is 24.3 Å². The quantitative estimate of drug-likeness (QED) is 0.782. The van der Waals surface area contributed by atoms with E-state index >= 15 is 0 Å². The number of nitrogens with two attached hydrogens (primary N) is 1. The summed E-state index contributed by atoms with van der Waals surface area (Å²) in [6.45, 7) is 5.76. The van der Waals surface area contributed by atoms with Crippen molar-refractivity contribution >= 4 is 24.1 Å². The minimum Gasteiger partial charge on any atom is -0.351 e. The molecule has 0 spiro atoms. The fraction of sp³-hybridized carbons (Fsp3) is 0.611. The van der Waals surface area contributed by atoms with Gasteiger partial charge in [-0.2, -0.15) is 0 Å². The molecule has 3 N–H and O–H groups in total. The molecule has 23 heavy (non-hydrogen) atoms. The number of primary amides is 1. The number of rotatable bonds is 7. The second-order valence-corrected chi connectivity index (χ2v) is 6.28. The van der Waals surface area contributed by atoms with Crippen molar-refractivity contribution in [2.24, 2.45) is 5.73 Å². The van der Waals surface area contributed by atoms with E-state index in [0.717, 1.165) is 18.2 Å². The fourth-order valence-corrected chi connectivity index (χ4v) is 3.57. The number of nitrogens with one attached hydrogen (secondary N) is 1. The number of benzene rings is 1. The Morgan fingerprint density at radius 3 is 2.70 bits per heavy atom. The zero-order valence-electron chi connectivity index (χ0n) is 14.3. The summed E-state index contributed by atoms with van der Waals surface area (Å²) in [7, 11) is 0. The summed E-state index contributed by atoms with van der Waals surface area (Å²) < 4.78 is 0. The van der Waals surface area contributed by atoms with Gasteiger partial charge in [-0.1, -0.05) is 32.4 Å². The largest absolute Gasteiger partial charge is 0.351 e. The third-order valence-corrected chi connectivity index (χ3v) is 4.68. The predicted octanol–water partition coefficient (Wildman–Crippen LogP) is 4.18. The Labute approximate surface area is 146 Å². The highest BCUT2D eigenvalue weighted by molar-refractivity contribution is 5.87. The maximum absolute atomic E-state index is 11.0. The lowest BCUT2D eigenvalue weighted by molar-refractivity contribution is 0.184. The number of hydrogen-bond acceptors (Lipinski definition) is 2. The van der Waals surface area contributed by atoms with Gasteiger partial charge >= 0.3 is 6.03 Å². The number of halogens is 1. The number of anilines is 1. The number of unbranched alkanes of at least 4 members (excludes halogenated alkanes) is 1. The highest BCUT2D eigenvalue weighted by Gasteiger charge is 2.31. The van der Waals surface area contributed by atoms with E-state index in [1.54, 1.807) is 0 Å². The van der Waals surface area contributed by atoms with Gasteiger partial charge in [0, 0.05) is 17.8 Å². The number of carbonyl (C=O) groups excluding carboxylic acids is 1. The third-order valence-electron chi connectivity index (χ3n) is 4.68. The first kappa shape index (κ1) is 19.8. The summed E-state index contributed by atoms with van der Waals surface area (Å²) in [5.41, 5.74) is 7.25. The van der Waals surface area contributed by atoms with Crippen molar-refractivity contribution in [2.45, 2.75) is 64.5 Å². The molecule has 1 fully saturated rings. The van der Waals surface area contributed by atoms with Gasteiger partial charge in [-0.25, -0.2) is 4.79 Å². The lowest BCUT2D eigenvalue weighted by Gasteiger charge is -2.30. The molecular weight excluding hydrogens is 310 g/mol. The molecule has 2 atom stereocenters. The van der Waals surface area contributed by atoms with Crippen molar-refractivity contribution in [3.8, 4) is 0 Å². The first-order chi connectivity index (χ1) is 10.6. The standard InChI is InChI=1S/C18H29N3O.ClH/c1-3-5-11-21-16(4-2)9-10-17(21)13-14-7-6-8-15(12-14)20-18(19)22;/h6-8,12,16-17H,3-5,9-11,13H2,1-2H3,(H3,19,20,22);1H. The normalized spacial score (nSPS) is 21.0. The van der Waals surface area contributed by atoms with E-state index in [1.165, 1.54) is 44.2 Å². The van der Waals surface area contributed by atoms with Crippen molar-refractivity contribution in [3.63, 3.8) is 0 Å². The Morgan fingerprint density at radius 1 is 1.30 bits per heavy atom. The maximum Gasteiger partial charge on any atom is 0.316 e. The predicted molar refractivity (Wildman–Crippen MR) is 99.3 cm³/mol. The first-order valence-corrected chi connectivity index (χ1v) is 8.55. The van der Waals surface area contributed by atoms with Crippen LogP contribution >= 0.6 is 12.4 Å². The number of likely N-dealkylation sites (tertiary alicyclic amines) is 1. The van der Waals surface area contributed by atoms with Crippen LogP contribution < -0.4 is 11.1 Å². The number of urea groups is 1. The Morgan fingerprint density at radius 2 is 2.04 bits per heavy atom. The summed E-state index contributed by atoms with van der Waals surface area (Å²) in [5.74, 6) is 0.